The molecule has 0 aliphatic carbocycles. The van der Waals surface area contributed by atoms with Crippen LogP contribution in [0, 0.1) is 5.82 Å². The minimum Gasteiger partial charge on any atom is -0.349 e. The van der Waals surface area contributed by atoms with Crippen molar-refractivity contribution in [1.82, 2.24) is 10.2 Å². The molecular weight excluding hydrogens is 355 g/mol. The van der Waals surface area contributed by atoms with Crippen molar-refractivity contribution in [2.24, 2.45) is 0 Å². The lowest BCUT2D eigenvalue weighted by molar-refractivity contribution is 0.0946. The fraction of sp³-hybridized carbons (Fsp3) is 0.211. The molecule has 0 radical (unpaired) electrons. The Kier molecular flexibility index (Phi) is 5.63. The van der Waals surface area contributed by atoms with Gasteiger partial charge in [-0.15, -0.1) is 11.3 Å². The molecule has 3 nitrogen and oxygen atoms in total. The summed E-state index contributed by atoms with van der Waals surface area (Å²) in [4.78, 5) is 16.2. The largest absolute Gasteiger partial charge is 0.349 e. The summed E-state index contributed by atoms with van der Waals surface area (Å²) in [6.45, 7) is 0.548. The number of thiophene rings is 2. The third kappa shape index (κ3) is 4.34. The van der Waals surface area contributed by atoms with Crippen LogP contribution in [0.15, 0.2) is 53.2 Å². The lowest BCUT2D eigenvalue weighted by atomic mass is 10.1. The van der Waals surface area contributed by atoms with Crippen molar-refractivity contribution in [1.29, 1.82) is 0 Å². The molecular formula is C19H19FN2OS2. The van der Waals surface area contributed by atoms with Crippen LogP contribution in [-0.2, 0) is 0 Å². The number of nitrogens with one attached hydrogen (secondary N) is 1. The number of nitrogens with zero attached hydrogens (tertiary/aromatic N) is 1. The first-order chi connectivity index (χ1) is 12.0. The molecule has 0 saturated heterocycles. The summed E-state index contributed by atoms with van der Waals surface area (Å²) < 4.78 is 13.0. The van der Waals surface area contributed by atoms with Gasteiger partial charge in [-0.25, -0.2) is 4.39 Å². The lowest BCUT2D eigenvalue weighted by Gasteiger charge is -2.23. The molecule has 1 amide bonds. The third-order valence-electron chi connectivity index (χ3n) is 3.97. The van der Waals surface area contributed by atoms with Gasteiger partial charge in [-0.05, 0) is 66.3 Å². The number of amides is 1. The Labute approximate surface area is 154 Å². The molecule has 0 fully saturated rings. The van der Waals surface area contributed by atoms with Gasteiger partial charge in [0.15, 0.2) is 0 Å². The Morgan fingerprint density at radius 1 is 1.16 bits per heavy atom. The quantitative estimate of drug-likeness (QED) is 0.681. The zero-order chi connectivity index (χ0) is 17.8. The van der Waals surface area contributed by atoms with Crippen molar-refractivity contribution in [2.75, 3.05) is 20.6 Å². The van der Waals surface area contributed by atoms with E-state index in [0.29, 0.717) is 11.4 Å². The van der Waals surface area contributed by atoms with E-state index in [2.05, 4.69) is 21.7 Å². The van der Waals surface area contributed by atoms with Gasteiger partial charge in [0.1, 0.15) is 5.82 Å². The predicted molar refractivity (Wildman–Crippen MR) is 103 cm³/mol. The van der Waals surface area contributed by atoms with E-state index in [9.17, 15) is 9.18 Å². The highest BCUT2D eigenvalue weighted by Gasteiger charge is 2.17. The number of likely N-dealkylation sites (N-methyl/N-ethyl adjacent to an activating group) is 1. The van der Waals surface area contributed by atoms with Crippen molar-refractivity contribution < 1.29 is 9.18 Å². The number of halogens is 1. The number of carbonyl (C=O) groups is 1. The molecule has 3 rings (SSSR count). The molecule has 25 heavy (non-hydrogen) atoms. The summed E-state index contributed by atoms with van der Waals surface area (Å²) in [6, 6.07) is 12.2. The smallest absolute Gasteiger partial charge is 0.261 e. The molecule has 6 heteroatoms. The SMILES string of the molecule is CN(C)[C@@H](CNC(=O)c1ccc(-c2ccc(F)cc2)s1)c1ccsc1. The molecule has 0 spiro atoms. The van der Waals surface area contributed by atoms with Crippen LogP contribution in [0.4, 0.5) is 4.39 Å². The molecule has 0 aliphatic heterocycles. The molecule has 1 N–H and O–H groups in total. The maximum Gasteiger partial charge on any atom is 0.261 e. The van der Waals surface area contributed by atoms with Crippen molar-refractivity contribution in [2.45, 2.75) is 6.04 Å². The van der Waals surface area contributed by atoms with Crippen LogP contribution in [0.25, 0.3) is 10.4 Å². The van der Waals surface area contributed by atoms with Crippen LogP contribution < -0.4 is 5.32 Å². The second-order valence-corrected chi connectivity index (χ2v) is 7.78. The van der Waals surface area contributed by atoms with Crippen molar-refractivity contribution in [3.63, 3.8) is 0 Å². The van der Waals surface area contributed by atoms with Crippen LogP contribution in [-0.4, -0.2) is 31.4 Å². The van der Waals surface area contributed by atoms with Crippen LogP contribution in [0.3, 0.4) is 0 Å². The van der Waals surface area contributed by atoms with Crippen molar-refractivity contribution in [3.8, 4) is 10.4 Å². The van der Waals surface area contributed by atoms with E-state index in [0.717, 1.165) is 10.4 Å². The monoisotopic (exact) mass is 374 g/mol. The Bertz CT molecular complexity index is 825. The molecule has 3 aromatic rings. The minimum atomic E-state index is -0.263. The van der Waals surface area contributed by atoms with Gasteiger partial charge >= 0.3 is 0 Å². The van der Waals surface area contributed by atoms with E-state index >= 15 is 0 Å². The summed E-state index contributed by atoms with van der Waals surface area (Å²) in [5.41, 5.74) is 2.11. The first-order valence-electron chi connectivity index (χ1n) is 7.87. The number of rotatable bonds is 6. The van der Waals surface area contributed by atoms with Gasteiger partial charge in [0, 0.05) is 11.4 Å². The highest BCUT2D eigenvalue weighted by molar-refractivity contribution is 7.17. The van der Waals surface area contributed by atoms with Crippen LogP contribution in [0.5, 0.6) is 0 Å². The second kappa shape index (κ2) is 7.91. The summed E-state index contributed by atoms with van der Waals surface area (Å²) >= 11 is 3.07. The molecule has 130 valence electrons. The first-order valence-corrected chi connectivity index (χ1v) is 9.63. The van der Waals surface area contributed by atoms with E-state index in [-0.39, 0.29) is 17.8 Å². The van der Waals surface area contributed by atoms with Gasteiger partial charge in [0.2, 0.25) is 0 Å². The van der Waals surface area contributed by atoms with Crippen LogP contribution >= 0.6 is 22.7 Å². The Morgan fingerprint density at radius 3 is 2.56 bits per heavy atom. The van der Waals surface area contributed by atoms with Gasteiger partial charge in [-0.3, -0.25) is 4.79 Å². The highest BCUT2D eigenvalue weighted by atomic mass is 32.1. The van der Waals surface area contributed by atoms with Gasteiger partial charge in [0.25, 0.3) is 5.91 Å². The maximum absolute atomic E-state index is 13.0. The molecule has 0 unspecified atom stereocenters. The number of carbonyl (C=O) groups excluding carboxylic acids is 1. The zero-order valence-electron chi connectivity index (χ0n) is 14.0. The first kappa shape index (κ1) is 17.8. The fourth-order valence-corrected chi connectivity index (χ4v) is 4.20. The minimum absolute atomic E-state index is 0.0829. The van der Waals surface area contributed by atoms with E-state index in [1.54, 1.807) is 23.5 Å². The molecule has 0 aliphatic rings. The molecule has 0 bridgehead atoms. The molecule has 1 aromatic carbocycles. The predicted octanol–water partition coefficient (Wildman–Crippen LogP) is 4.65. The average Bonchev–Trinajstić information content (AvgIpc) is 3.27. The topological polar surface area (TPSA) is 32.3 Å². The Morgan fingerprint density at radius 2 is 1.92 bits per heavy atom. The summed E-state index contributed by atoms with van der Waals surface area (Å²) in [7, 11) is 4.01. The van der Waals surface area contributed by atoms with Crippen molar-refractivity contribution >= 4 is 28.6 Å². The number of benzene rings is 1. The maximum atomic E-state index is 13.0. The normalized spacial score (nSPS) is 12.3. The summed E-state index contributed by atoms with van der Waals surface area (Å²) in [5.74, 6) is -0.345. The molecule has 2 heterocycles. The molecule has 2 aromatic heterocycles. The van der Waals surface area contributed by atoms with Gasteiger partial charge in [-0.2, -0.15) is 11.3 Å². The van der Waals surface area contributed by atoms with Gasteiger partial charge in [-0.1, -0.05) is 12.1 Å². The Balaban J connectivity index is 1.66. The number of hydrogen-bond acceptors (Lipinski definition) is 4. The fourth-order valence-electron chi connectivity index (χ4n) is 2.57. The van der Waals surface area contributed by atoms with Gasteiger partial charge < -0.3 is 10.2 Å². The van der Waals surface area contributed by atoms with E-state index < -0.39 is 0 Å². The Hall–Kier alpha value is -2.02. The van der Waals surface area contributed by atoms with E-state index in [1.807, 2.05) is 31.6 Å². The highest BCUT2D eigenvalue weighted by Crippen LogP contribution is 2.28. The van der Waals surface area contributed by atoms with E-state index in [1.165, 1.54) is 29.0 Å². The van der Waals surface area contributed by atoms with Crippen LogP contribution in [0.1, 0.15) is 21.3 Å². The summed E-state index contributed by atoms with van der Waals surface area (Å²) in [5, 5.41) is 7.17. The standard InChI is InChI=1S/C19H19FN2OS2/c1-22(2)16(14-9-10-24-12-14)11-21-19(23)18-8-7-17(25-18)13-3-5-15(20)6-4-13/h3-10,12,16H,11H2,1-2H3,(H,21,23)/t16-/m0/s1. The zero-order valence-corrected chi connectivity index (χ0v) is 15.7. The average molecular weight is 375 g/mol. The molecule has 0 saturated carbocycles. The third-order valence-corrected chi connectivity index (χ3v) is 5.80. The van der Waals surface area contributed by atoms with Crippen LogP contribution in [0.2, 0.25) is 0 Å². The van der Waals surface area contributed by atoms with Gasteiger partial charge in [0.05, 0.1) is 10.9 Å². The van der Waals surface area contributed by atoms with E-state index in [4.69, 9.17) is 0 Å². The molecule has 1 atom stereocenters. The number of hydrogen-bond donors (Lipinski definition) is 1. The summed E-state index contributed by atoms with van der Waals surface area (Å²) in [6.07, 6.45) is 0. The lowest BCUT2D eigenvalue weighted by Crippen LogP contribution is -2.34. The second-order valence-electron chi connectivity index (χ2n) is 5.92. The van der Waals surface area contributed by atoms with Crippen molar-refractivity contribution in [3.05, 3.63) is 69.5 Å².